The van der Waals surface area contributed by atoms with Gasteiger partial charge in [0.25, 0.3) is 0 Å². The van der Waals surface area contributed by atoms with Crippen molar-refractivity contribution in [1.82, 2.24) is 4.98 Å². The number of fused-ring (bicyclic) bond motifs is 1. The number of aromatic nitrogens is 1. The van der Waals surface area contributed by atoms with Crippen molar-refractivity contribution in [3.8, 4) is 0 Å². The van der Waals surface area contributed by atoms with Crippen LogP contribution in [0, 0.1) is 0 Å². The summed E-state index contributed by atoms with van der Waals surface area (Å²) in [6, 6.07) is 15.2. The first-order valence-corrected chi connectivity index (χ1v) is 6.04. The maximum atomic E-state index is 11.3. The molecule has 1 aliphatic heterocycles. The van der Waals surface area contributed by atoms with E-state index in [9.17, 15) is 4.79 Å². The first-order chi connectivity index (χ1) is 9.31. The second-order valence-electron chi connectivity index (χ2n) is 3.98. The number of carbonyl (C=O) groups excluding carboxylic acids is 1. The molecule has 1 atom stereocenters. The number of carbonyl (C=O) groups is 1. The first kappa shape index (κ1) is 13.0. The Bertz CT molecular complexity index is 503. The standard InChI is InChI=1S/C8H10N4O.C6H6/c9-4-6-8(13)12-5-2-1-3-10-7(5)11-6;1-2-4-6-5-3-1/h1-3,6H,4,9H2,(H,10,11)(H,12,13);1-6H/t6-;/m1./s1. The highest BCUT2D eigenvalue weighted by Crippen LogP contribution is 2.22. The van der Waals surface area contributed by atoms with E-state index in [0.29, 0.717) is 11.5 Å². The third-order valence-corrected chi connectivity index (χ3v) is 2.60. The Labute approximate surface area is 111 Å². The predicted molar refractivity (Wildman–Crippen MR) is 75.8 cm³/mol. The molecule has 3 rings (SSSR count). The van der Waals surface area contributed by atoms with Gasteiger partial charge in [-0.3, -0.25) is 4.79 Å². The molecule has 0 bridgehead atoms. The van der Waals surface area contributed by atoms with Gasteiger partial charge in [-0.1, -0.05) is 36.4 Å². The Hall–Kier alpha value is -2.40. The SMILES string of the molecule is NC[C@H]1Nc2ncccc2NC1=O.c1ccccc1. The van der Waals surface area contributed by atoms with E-state index in [1.807, 2.05) is 36.4 Å². The van der Waals surface area contributed by atoms with Crippen molar-refractivity contribution in [2.24, 2.45) is 5.73 Å². The number of nitrogens with one attached hydrogen (secondary N) is 2. The Kier molecular flexibility index (Phi) is 4.47. The van der Waals surface area contributed by atoms with Gasteiger partial charge in [0.2, 0.25) is 5.91 Å². The van der Waals surface area contributed by atoms with Crippen molar-refractivity contribution in [2.45, 2.75) is 6.04 Å². The summed E-state index contributed by atoms with van der Waals surface area (Å²) in [6.45, 7) is 0.266. The molecular weight excluding hydrogens is 240 g/mol. The molecule has 0 spiro atoms. The first-order valence-electron chi connectivity index (χ1n) is 6.04. The molecule has 1 aromatic heterocycles. The van der Waals surface area contributed by atoms with Gasteiger partial charge in [0.15, 0.2) is 0 Å². The molecule has 98 valence electrons. The quantitative estimate of drug-likeness (QED) is 0.721. The van der Waals surface area contributed by atoms with Gasteiger partial charge in [0.1, 0.15) is 11.9 Å². The van der Waals surface area contributed by atoms with Crippen LogP contribution in [-0.4, -0.2) is 23.5 Å². The van der Waals surface area contributed by atoms with Crippen molar-refractivity contribution >= 4 is 17.4 Å². The zero-order chi connectivity index (χ0) is 13.5. The highest BCUT2D eigenvalue weighted by atomic mass is 16.2. The van der Waals surface area contributed by atoms with Crippen molar-refractivity contribution in [2.75, 3.05) is 17.2 Å². The van der Waals surface area contributed by atoms with Gasteiger partial charge in [0, 0.05) is 12.7 Å². The summed E-state index contributed by atoms with van der Waals surface area (Å²) in [5.41, 5.74) is 6.11. The molecule has 19 heavy (non-hydrogen) atoms. The molecule has 5 nitrogen and oxygen atoms in total. The molecule has 1 aliphatic rings. The number of nitrogens with two attached hydrogens (primary N) is 1. The molecule has 0 radical (unpaired) electrons. The van der Waals surface area contributed by atoms with E-state index in [4.69, 9.17) is 5.73 Å². The van der Waals surface area contributed by atoms with E-state index in [-0.39, 0.29) is 18.5 Å². The summed E-state index contributed by atoms with van der Waals surface area (Å²) >= 11 is 0. The van der Waals surface area contributed by atoms with Crippen LogP contribution in [0.5, 0.6) is 0 Å². The van der Waals surface area contributed by atoms with Gasteiger partial charge in [0.05, 0.1) is 5.69 Å². The minimum Gasteiger partial charge on any atom is -0.356 e. The molecule has 4 N–H and O–H groups in total. The lowest BCUT2D eigenvalue weighted by Crippen LogP contribution is -2.44. The number of pyridine rings is 1. The number of anilines is 2. The van der Waals surface area contributed by atoms with Crippen LogP contribution < -0.4 is 16.4 Å². The van der Waals surface area contributed by atoms with Gasteiger partial charge in [-0.15, -0.1) is 0 Å². The Morgan fingerprint density at radius 2 is 1.74 bits per heavy atom. The average Bonchev–Trinajstić information content (AvgIpc) is 2.49. The number of amides is 1. The maximum Gasteiger partial charge on any atom is 0.248 e. The van der Waals surface area contributed by atoms with Gasteiger partial charge < -0.3 is 16.4 Å². The zero-order valence-electron chi connectivity index (χ0n) is 10.4. The van der Waals surface area contributed by atoms with Crippen molar-refractivity contribution < 1.29 is 4.79 Å². The van der Waals surface area contributed by atoms with Crippen LogP contribution in [-0.2, 0) is 4.79 Å². The second kappa shape index (κ2) is 6.51. The summed E-state index contributed by atoms with van der Waals surface area (Å²) in [7, 11) is 0. The van der Waals surface area contributed by atoms with E-state index < -0.39 is 0 Å². The summed E-state index contributed by atoms with van der Waals surface area (Å²) in [5.74, 6) is 0.570. The van der Waals surface area contributed by atoms with Crippen LogP contribution in [0.2, 0.25) is 0 Å². The molecule has 0 unspecified atom stereocenters. The van der Waals surface area contributed by atoms with E-state index in [0.717, 1.165) is 0 Å². The van der Waals surface area contributed by atoms with E-state index >= 15 is 0 Å². The highest BCUT2D eigenvalue weighted by molar-refractivity contribution is 6.02. The molecule has 5 heteroatoms. The second-order valence-corrected chi connectivity index (χ2v) is 3.98. The lowest BCUT2D eigenvalue weighted by atomic mass is 10.2. The van der Waals surface area contributed by atoms with Crippen LogP contribution in [0.3, 0.4) is 0 Å². The van der Waals surface area contributed by atoms with Crippen molar-refractivity contribution in [3.63, 3.8) is 0 Å². The molecule has 0 saturated carbocycles. The highest BCUT2D eigenvalue weighted by Gasteiger charge is 2.24. The van der Waals surface area contributed by atoms with Crippen LogP contribution >= 0.6 is 0 Å². The van der Waals surface area contributed by atoms with E-state index in [1.165, 1.54) is 0 Å². The average molecular weight is 256 g/mol. The molecule has 0 aliphatic carbocycles. The fourth-order valence-electron chi connectivity index (χ4n) is 1.62. The van der Waals surface area contributed by atoms with Crippen LogP contribution in [0.1, 0.15) is 0 Å². The number of hydrogen-bond donors (Lipinski definition) is 3. The topological polar surface area (TPSA) is 80.0 Å². The molecule has 0 saturated heterocycles. The smallest absolute Gasteiger partial charge is 0.248 e. The number of nitrogens with zero attached hydrogens (tertiary/aromatic N) is 1. The summed E-state index contributed by atoms with van der Waals surface area (Å²) in [6.07, 6.45) is 1.66. The van der Waals surface area contributed by atoms with Gasteiger partial charge in [-0.25, -0.2) is 4.98 Å². The van der Waals surface area contributed by atoms with Crippen molar-refractivity contribution in [3.05, 3.63) is 54.7 Å². The molecule has 0 fully saturated rings. The van der Waals surface area contributed by atoms with Crippen LogP contribution in [0.4, 0.5) is 11.5 Å². The third-order valence-electron chi connectivity index (χ3n) is 2.60. The van der Waals surface area contributed by atoms with E-state index in [1.54, 1.807) is 18.3 Å². The van der Waals surface area contributed by atoms with Crippen LogP contribution in [0.25, 0.3) is 0 Å². The monoisotopic (exact) mass is 256 g/mol. The molecule has 2 heterocycles. The molecule has 1 amide bonds. The third kappa shape index (κ3) is 3.53. The molecule has 2 aromatic rings. The Morgan fingerprint density at radius 1 is 1.11 bits per heavy atom. The summed E-state index contributed by atoms with van der Waals surface area (Å²) in [4.78, 5) is 15.4. The Morgan fingerprint density at radius 3 is 2.32 bits per heavy atom. The summed E-state index contributed by atoms with van der Waals surface area (Å²) < 4.78 is 0. The lowest BCUT2D eigenvalue weighted by molar-refractivity contribution is -0.116. The van der Waals surface area contributed by atoms with Gasteiger partial charge in [-0.05, 0) is 12.1 Å². The summed E-state index contributed by atoms with van der Waals surface area (Å²) in [5, 5.41) is 5.67. The van der Waals surface area contributed by atoms with Gasteiger partial charge >= 0.3 is 0 Å². The van der Waals surface area contributed by atoms with Gasteiger partial charge in [-0.2, -0.15) is 0 Å². The minimum atomic E-state index is -0.373. The number of hydrogen-bond acceptors (Lipinski definition) is 4. The minimum absolute atomic E-state index is 0.108. The van der Waals surface area contributed by atoms with Crippen molar-refractivity contribution in [1.29, 1.82) is 0 Å². The predicted octanol–water partition coefficient (Wildman–Crippen LogP) is 1.46. The fraction of sp³-hybridized carbons (Fsp3) is 0.143. The normalized spacial score (nSPS) is 16.3. The van der Waals surface area contributed by atoms with E-state index in [2.05, 4.69) is 15.6 Å². The lowest BCUT2D eigenvalue weighted by Gasteiger charge is -2.24. The number of benzene rings is 1. The molecular formula is C14H16N4O. The Balaban J connectivity index is 0.000000186. The molecule has 1 aromatic carbocycles. The zero-order valence-corrected chi connectivity index (χ0v) is 10.4. The largest absolute Gasteiger partial charge is 0.356 e. The van der Waals surface area contributed by atoms with Crippen LogP contribution in [0.15, 0.2) is 54.7 Å². The fourth-order valence-corrected chi connectivity index (χ4v) is 1.62. The number of rotatable bonds is 1. The maximum absolute atomic E-state index is 11.3.